The molecule has 0 N–H and O–H groups in total. The summed E-state index contributed by atoms with van der Waals surface area (Å²) < 4.78 is 0. The van der Waals surface area contributed by atoms with Crippen LogP contribution in [0.5, 0.6) is 0 Å². The molecule has 2 amide bonds. The van der Waals surface area contributed by atoms with E-state index in [0.29, 0.717) is 49.1 Å². The Morgan fingerprint density at radius 1 is 0.960 bits per heavy atom. The van der Waals surface area contributed by atoms with Gasteiger partial charge < -0.3 is 9.80 Å². The van der Waals surface area contributed by atoms with Gasteiger partial charge in [-0.05, 0) is 61.3 Å². The van der Waals surface area contributed by atoms with Crippen LogP contribution in [-0.4, -0.2) is 47.8 Å². The number of benzene rings is 1. The summed E-state index contributed by atoms with van der Waals surface area (Å²) >= 11 is 5.88. The van der Waals surface area contributed by atoms with Crippen molar-refractivity contribution in [3.05, 3.63) is 34.9 Å². The van der Waals surface area contributed by atoms with E-state index in [4.69, 9.17) is 11.6 Å². The van der Waals surface area contributed by atoms with Crippen LogP contribution >= 0.6 is 11.6 Å². The predicted molar refractivity (Wildman–Crippen MR) is 97.5 cm³/mol. The molecule has 0 spiro atoms. The molecular weight excluding hydrogens is 336 g/mol. The fourth-order valence-corrected chi connectivity index (χ4v) is 5.04. The molecule has 2 bridgehead atoms. The second-order valence-corrected chi connectivity index (χ2v) is 8.26. The summed E-state index contributed by atoms with van der Waals surface area (Å²) in [6.45, 7) is 2.53. The Balaban J connectivity index is 1.28. The van der Waals surface area contributed by atoms with Crippen molar-refractivity contribution in [2.45, 2.75) is 32.1 Å². The Labute approximate surface area is 154 Å². The van der Waals surface area contributed by atoms with Crippen molar-refractivity contribution >= 4 is 23.4 Å². The second kappa shape index (κ2) is 6.99. The highest BCUT2D eigenvalue weighted by molar-refractivity contribution is 6.30. The summed E-state index contributed by atoms with van der Waals surface area (Å²) in [5.74, 6) is 2.60. The molecule has 25 heavy (non-hydrogen) atoms. The van der Waals surface area contributed by atoms with Gasteiger partial charge in [-0.3, -0.25) is 9.59 Å². The van der Waals surface area contributed by atoms with Crippen molar-refractivity contribution < 1.29 is 9.59 Å². The minimum atomic E-state index is 0.0249. The summed E-state index contributed by atoms with van der Waals surface area (Å²) in [5, 5.41) is 0.632. The molecule has 1 saturated heterocycles. The molecule has 1 aromatic rings. The van der Waals surface area contributed by atoms with Crippen LogP contribution in [-0.2, 0) is 4.79 Å². The number of carbonyl (C=O) groups excluding carboxylic acids is 2. The van der Waals surface area contributed by atoms with Crippen molar-refractivity contribution in [2.24, 2.45) is 17.8 Å². The van der Waals surface area contributed by atoms with Crippen molar-refractivity contribution in [3.63, 3.8) is 0 Å². The van der Waals surface area contributed by atoms with Gasteiger partial charge in [0.05, 0.1) is 0 Å². The predicted octanol–water partition coefficient (Wildman–Crippen LogP) is 3.45. The molecule has 3 aliphatic rings. The van der Waals surface area contributed by atoms with E-state index < -0.39 is 0 Å². The van der Waals surface area contributed by atoms with Gasteiger partial charge >= 0.3 is 0 Å². The second-order valence-electron chi connectivity index (χ2n) is 7.82. The fraction of sp³-hybridized carbons (Fsp3) is 0.600. The van der Waals surface area contributed by atoms with Crippen LogP contribution in [0.3, 0.4) is 0 Å². The maximum Gasteiger partial charge on any atom is 0.253 e. The number of rotatable bonds is 3. The zero-order chi connectivity index (χ0) is 17.4. The molecular formula is C20H25ClN2O2. The number of carbonyl (C=O) groups is 2. The van der Waals surface area contributed by atoms with Crippen LogP contribution in [0.15, 0.2) is 24.3 Å². The van der Waals surface area contributed by atoms with Crippen molar-refractivity contribution in [1.82, 2.24) is 9.80 Å². The minimum Gasteiger partial charge on any atom is -0.339 e. The zero-order valence-corrected chi connectivity index (χ0v) is 15.3. The molecule has 0 radical (unpaired) electrons. The Kier molecular flexibility index (Phi) is 4.72. The normalized spacial score (nSPS) is 28.4. The Morgan fingerprint density at radius 2 is 1.64 bits per heavy atom. The summed E-state index contributed by atoms with van der Waals surface area (Å²) in [5.41, 5.74) is 0.658. The number of hydrogen-bond donors (Lipinski definition) is 0. The van der Waals surface area contributed by atoms with Gasteiger partial charge in [-0.15, -0.1) is 0 Å². The third-order valence-corrected chi connectivity index (χ3v) is 6.58. The van der Waals surface area contributed by atoms with E-state index in [1.54, 1.807) is 24.3 Å². The topological polar surface area (TPSA) is 40.6 Å². The highest BCUT2D eigenvalue weighted by atomic mass is 35.5. The first-order valence-corrected chi connectivity index (χ1v) is 9.80. The third kappa shape index (κ3) is 3.55. The van der Waals surface area contributed by atoms with Crippen LogP contribution in [0.1, 0.15) is 42.5 Å². The largest absolute Gasteiger partial charge is 0.339 e. The van der Waals surface area contributed by atoms with Crippen LogP contribution < -0.4 is 0 Å². The average Bonchev–Trinajstić information content (AvgIpc) is 3.25. The van der Waals surface area contributed by atoms with Gasteiger partial charge in [0.15, 0.2) is 0 Å². The average molecular weight is 361 g/mol. The number of fused-ring (bicyclic) bond motifs is 2. The smallest absolute Gasteiger partial charge is 0.253 e. The van der Waals surface area contributed by atoms with Crippen molar-refractivity contribution in [2.75, 3.05) is 26.2 Å². The van der Waals surface area contributed by atoms with E-state index in [1.165, 1.54) is 25.7 Å². The molecule has 134 valence electrons. The van der Waals surface area contributed by atoms with Gasteiger partial charge in [-0.25, -0.2) is 0 Å². The molecule has 3 atom stereocenters. The zero-order valence-electron chi connectivity index (χ0n) is 14.5. The Morgan fingerprint density at radius 3 is 2.24 bits per heavy atom. The van der Waals surface area contributed by atoms with Gasteiger partial charge in [-0.2, -0.15) is 0 Å². The van der Waals surface area contributed by atoms with E-state index in [2.05, 4.69) is 0 Å². The van der Waals surface area contributed by atoms with Crippen molar-refractivity contribution in [1.29, 1.82) is 0 Å². The molecule has 3 fully saturated rings. The first-order chi connectivity index (χ1) is 12.1. The number of piperazine rings is 1. The first kappa shape index (κ1) is 16.9. The number of halogens is 1. The number of hydrogen-bond acceptors (Lipinski definition) is 2. The summed E-state index contributed by atoms with van der Waals surface area (Å²) in [6.07, 6.45) is 6.02. The third-order valence-electron chi connectivity index (χ3n) is 6.33. The number of amides is 2. The van der Waals surface area contributed by atoms with Crippen LogP contribution in [0.25, 0.3) is 0 Å². The molecule has 0 aromatic heterocycles. The first-order valence-electron chi connectivity index (χ1n) is 9.43. The van der Waals surface area contributed by atoms with Crippen molar-refractivity contribution in [3.8, 4) is 0 Å². The van der Waals surface area contributed by atoms with Gasteiger partial charge in [0.2, 0.25) is 5.91 Å². The molecule has 3 unspecified atom stereocenters. The molecule has 1 aliphatic heterocycles. The van der Waals surface area contributed by atoms with E-state index in [1.807, 2.05) is 9.80 Å². The lowest BCUT2D eigenvalue weighted by Crippen LogP contribution is -2.51. The summed E-state index contributed by atoms with van der Waals surface area (Å²) in [4.78, 5) is 28.9. The van der Waals surface area contributed by atoms with E-state index >= 15 is 0 Å². The monoisotopic (exact) mass is 360 g/mol. The number of nitrogens with zero attached hydrogens (tertiary/aromatic N) is 2. The van der Waals surface area contributed by atoms with E-state index in [0.717, 1.165) is 11.8 Å². The standard InChI is InChI=1S/C20H25ClN2O2/c21-18-5-3-15(4-6-18)20(25)23-9-7-22(8-10-23)19(24)13-17-12-14-1-2-16(17)11-14/h3-6,14,16-17H,1-2,7-13H2. The van der Waals surface area contributed by atoms with Gasteiger partial charge in [0.1, 0.15) is 0 Å². The lowest BCUT2D eigenvalue weighted by Gasteiger charge is -2.36. The molecule has 5 heteroatoms. The maximum atomic E-state index is 12.6. The highest BCUT2D eigenvalue weighted by Gasteiger charge is 2.40. The fourth-order valence-electron chi connectivity index (χ4n) is 4.91. The molecule has 1 aromatic carbocycles. The molecule has 4 nitrogen and oxygen atoms in total. The van der Waals surface area contributed by atoms with Gasteiger partial charge in [-0.1, -0.05) is 18.0 Å². The highest BCUT2D eigenvalue weighted by Crippen LogP contribution is 2.49. The van der Waals surface area contributed by atoms with Crippen LogP contribution in [0.4, 0.5) is 0 Å². The lowest BCUT2D eigenvalue weighted by atomic mass is 9.86. The van der Waals surface area contributed by atoms with Gasteiger partial charge in [0.25, 0.3) is 5.91 Å². The molecule has 2 saturated carbocycles. The Bertz CT molecular complexity index is 652. The van der Waals surface area contributed by atoms with Crippen LogP contribution in [0, 0.1) is 17.8 Å². The Hall–Kier alpha value is -1.55. The molecule has 4 rings (SSSR count). The summed E-state index contributed by atoms with van der Waals surface area (Å²) in [6, 6.07) is 7.00. The van der Waals surface area contributed by atoms with Crippen LogP contribution in [0.2, 0.25) is 5.02 Å². The maximum absolute atomic E-state index is 12.6. The summed E-state index contributed by atoms with van der Waals surface area (Å²) in [7, 11) is 0. The minimum absolute atomic E-state index is 0.0249. The quantitative estimate of drug-likeness (QED) is 0.828. The van der Waals surface area contributed by atoms with E-state index in [-0.39, 0.29) is 11.8 Å². The SMILES string of the molecule is O=C(CC1CC2CCC1C2)N1CCN(C(=O)c2ccc(Cl)cc2)CC1. The lowest BCUT2D eigenvalue weighted by molar-refractivity contribution is -0.134. The molecule has 2 aliphatic carbocycles. The van der Waals surface area contributed by atoms with Gasteiger partial charge in [0, 0.05) is 43.2 Å². The van der Waals surface area contributed by atoms with E-state index in [9.17, 15) is 9.59 Å². The molecule has 1 heterocycles.